The molecular formula is C23H25N3O3. The van der Waals surface area contributed by atoms with Gasteiger partial charge in [0.15, 0.2) is 0 Å². The summed E-state index contributed by atoms with van der Waals surface area (Å²) in [6.07, 6.45) is 0. The monoisotopic (exact) mass is 391 g/mol. The molecule has 150 valence electrons. The predicted octanol–water partition coefficient (Wildman–Crippen LogP) is 4.08. The topological polar surface area (TPSA) is 80.3 Å². The van der Waals surface area contributed by atoms with Crippen LogP contribution in [0.4, 0.5) is 5.69 Å². The second-order valence-electron chi connectivity index (χ2n) is 7.22. The summed E-state index contributed by atoms with van der Waals surface area (Å²) in [5.74, 6) is 0.227. The van der Waals surface area contributed by atoms with Crippen LogP contribution in [0.2, 0.25) is 0 Å². The largest absolute Gasteiger partial charge is 0.497 e. The van der Waals surface area contributed by atoms with Crippen LogP contribution < -0.4 is 15.4 Å². The summed E-state index contributed by atoms with van der Waals surface area (Å²) in [7, 11) is 1.61. The molecule has 0 atom stereocenters. The van der Waals surface area contributed by atoms with E-state index in [4.69, 9.17) is 4.74 Å². The summed E-state index contributed by atoms with van der Waals surface area (Å²) < 4.78 is 5.23. The van der Waals surface area contributed by atoms with Crippen LogP contribution in [0.15, 0.2) is 48.5 Å². The van der Waals surface area contributed by atoms with Crippen molar-refractivity contribution in [3.63, 3.8) is 0 Å². The number of ether oxygens (including phenoxy) is 1. The van der Waals surface area contributed by atoms with Crippen LogP contribution in [0.5, 0.6) is 5.75 Å². The maximum absolute atomic E-state index is 13.0. The van der Waals surface area contributed by atoms with Crippen molar-refractivity contribution in [2.75, 3.05) is 12.4 Å². The van der Waals surface area contributed by atoms with Crippen LogP contribution in [0.3, 0.4) is 0 Å². The smallest absolute Gasteiger partial charge is 0.252 e. The van der Waals surface area contributed by atoms with E-state index in [9.17, 15) is 9.59 Å². The second kappa shape index (κ2) is 8.73. The van der Waals surface area contributed by atoms with Gasteiger partial charge in [0.2, 0.25) is 5.91 Å². The first-order valence-corrected chi connectivity index (χ1v) is 9.51. The van der Waals surface area contributed by atoms with Gasteiger partial charge in [-0.2, -0.15) is 0 Å². The van der Waals surface area contributed by atoms with E-state index in [2.05, 4.69) is 15.6 Å². The van der Waals surface area contributed by atoms with Crippen molar-refractivity contribution in [1.82, 2.24) is 10.3 Å². The van der Waals surface area contributed by atoms with Gasteiger partial charge in [-0.1, -0.05) is 32.0 Å². The quantitative estimate of drug-likeness (QED) is 0.664. The molecule has 6 nitrogen and oxygen atoms in total. The van der Waals surface area contributed by atoms with Crippen LogP contribution in [-0.4, -0.2) is 23.9 Å². The van der Waals surface area contributed by atoms with Crippen LogP contribution in [-0.2, 0) is 11.3 Å². The number of anilines is 1. The van der Waals surface area contributed by atoms with E-state index < -0.39 is 0 Å². The summed E-state index contributed by atoms with van der Waals surface area (Å²) >= 11 is 0. The van der Waals surface area contributed by atoms with Crippen molar-refractivity contribution in [3.05, 3.63) is 65.4 Å². The van der Waals surface area contributed by atoms with E-state index in [1.54, 1.807) is 19.2 Å². The third-order valence-corrected chi connectivity index (χ3v) is 4.57. The molecular weight excluding hydrogens is 366 g/mol. The predicted molar refractivity (Wildman–Crippen MR) is 114 cm³/mol. The number of hydrogen-bond donors (Lipinski definition) is 2. The minimum atomic E-state index is -0.232. The Hall–Kier alpha value is -3.41. The number of hydrogen-bond acceptors (Lipinski definition) is 4. The second-order valence-corrected chi connectivity index (χ2v) is 7.22. The number of carbonyl (C=O) groups is 2. The SMILES string of the molecule is COc1cccc(CNC(=O)c2cc(NC(=O)C(C)C)cc3nc(C)ccc23)c1. The lowest BCUT2D eigenvalue weighted by Gasteiger charge is -2.13. The van der Waals surface area contributed by atoms with Crippen molar-refractivity contribution in [3.8, 4) is 5.75 Å². The lowest BCUT2D eigenvalue weighted by Crippen LogP contribution is -2.24. The van der Waals surface area contributed by atoms with Crippen molar-refractivity contribution in [1.29, 1.82) is 0 Å². The summed E-state index contributed by atoms with van der Waals surface area (Å²) in [5.41, 5.74) is 3.46. The minimum absolute atomic E-state index is 0.111. The van der Waals surface area contributed by atoms with Gasteiger partial charge in [-0.15, -0.1) is 0 Å². The number of aromatic nitrogens is 1. The van der Waals surface area contributed by atoms with Gasteiger partial charge in [0.05, 0.1) is 18.2 Å². The number of nitrogens with one attached hydrogen (secondary N) is 2. The van der Waals surface area contributed by atoms with E-state index in [0.717, 1.165) is 22.4 Å². The third kappa shape index (κ3) is 4.90. The molecule has 0 spiro atoms. The number of fused-ring (bicyclic) bond motifs is 1. The van der Waals surface area contributed by atoms with Gasteiger partial charge in [0.25, 0.3) is 5.91 Å². The molecule has 1 aromatic heterocycles. The van der Waals surface area contributed by atoms with Gasteiger partial charge >= 0.3 is 0 Å². The molecule has 3 aromatic rings. The number of carbonyl (C=O) groups excluding carboxylic acids is 2. The van der Waals surface area contributed by atoms with Crippen LogP contribution in [0.25, 0.3) is 10.9 Å². The van der Waals surface area contributed by atoms with Gasteiger partial charge in [-0.05, 0) is 42.8 Å². The molecule has 2 amide bonds. The van der Waals surface area contributed by atoms with E-state index in [-0.39, 0.29) is 17.7 Å². The first-order valence-electron chi connectivity index (χ1n) is 9.51. The number of benzene rings is 2. The molecule has 29 heavy (non-hydrogen) atoms. The zero-order valence-corrected chi connectivity index (χ0v) is 17.1. The van der Waals surface area contributed by atoms with E-state index in [1.165, 1.54) is 0 Å². The molecule has 1 heterocycles. The highest BCUT2D eigenvalue weighted by Gasteiger charge is 2.15. The summed E-state index contributed by atoms with van der Waals surface area (Å²) in [6.45, 7) is 5.89. The number of pyridine rings is 1. The molecule has 0 radical (unpaired) electrons. The maximum atomic E-state index is 13.0. The normalized spacial score (nSPS) is 10.8. The first kappa shape index (κ1) is 20.3. The summed E-state index contributed by atoms with van der Waals surface area (Å²) in [5, 5.41) is 6.54. The number of methoxy groups -OCH3 is 1. The fourth-order valence-electron chi connectivity index (χ4n) is 2.94. The maximum Gasteiger partial charge on any atom is 0.252 e. The van der Waals surface area contributed by atoms with Crippen LogP contribution in [0, 0.1) is 12.8 Å². The molecule has 0 aliphatic rings. The third-order valence-electron chi connectivity index (χ3n) is 4.57. The number of aryl methyl sites for hydroxylation is 1. The van der Waals surface area contributed by atoms with E-state index in [1.807, 2.05) is 57.2 Å². The van der Waals surface area contributed by atoms with Gasteiger partial charge in [-0.25, -0.2) is 0 Å². The average molecular weight is 391 g/mol. The fourth-order valence-corrected chi connectivity index (χ4v) is 2.94. The Morgan fingerprint density at radius 1 is 1.10 bits per heavy atom. The molecule has 2 aromatic carbocycles. The highest BCUT2D eigenvalue weighted by molar-refractivity contribution is 6.08. The van der Waals surface area contributed by atoms with Crippen molar-refractivity contribution < 1.29 is 14.3 Å². The Kier molecular flexibility index (Phi) is 6.12. The van der Waals surface area contributed by atoms with Gasteiger partial charge in [0.1, 0.15) is 5.75 Å². The Labute approximate surface area is 170 Å². The number of nitrogens with zero attached hydrogens (tertiary/aromatic N) is 1. The molecule has 2 N–H and O–H groups in total. The molecule has 6 heteroatoms. The van der Waals surface area contributed by atoms with E-state index in [0.29, 0.717) is 23.3 Å². The zero-order valence-electron chi connectivity index (χ0n) is 17.1. The molecule has 0 saturated carbocycles. The minimum Gasteiger partial charge on any atom is -0.497 e. The van der Waals surface area contributed by atoms with Gasteiger partial charge < -0.3 is 15.4 Å². The highest BCUT2D eigenvalue weighted by Crippen LogP contribution is 2.24. The van der Waals surface area contributed by atoms with Crippen molar-refractivity contribution >= 4 is 28.4 Å². The molecule has 0 bridgehead atoms. The lowest BCUT2D eigenvalue weighted by molar-refractivity contribution is -0.118. The van der Waals surface area contributed by atoms with Gasteiger partial charge in [0, 0.05) is 29.2 Å². The molecule has 0 aliphatic carbocycles. The van der Waals surface area contributed by atoms with Crippen molar-refractivity contribution in [2.45, 2.75) is 27.3 Å². The summed E-state index contributed by atoms with van der Waals surface area (Å²) in [6, 6.07) is 14.8. The van der Waals surface area contributed by atoms with Crippen LogP contribution >= 0.6 is 0 Å². The Morgan fingerprint density at radius 2 is 1.90 bits per heavy atom. The number of rotatable bonds is 6. The Balaban J connectivity index is 1.91. The number of amides is 2. The van der Waals surface area contributed by atoms with Crippen LogP contribution in [0.1, 0.15) is 35.5 Å². The molecule has 3 rings (SSSR count). The molecule has 0 saturated heterocycles. The van der Waals surface area contributed by atoms with Crippen molar-refractivity contribution in [2.24, 2.45) is 5.92 Å². The average Bonchev–Trinajstić information content (AvgIpc) is 2.71. The highest BCUT2D eigenvalue weighted by atomic mass is 16.5. The van der Waals surface area contributed by atoms with Gasteiger partial charge in [-0.3, -0.25) is 14.6 Å². The first-order chi connectivity index (χ1) is 13.9. The fraction of sp³-hybridized carbons (Fsp3) is 0.261. The molecule has 0 unspecified atom stereocenters. The summed E-state index contributed by atoms with van der Waals surface area (Å²) in [4.78, 5) is 29.6. The Morgan fingerprint density at radius 3 is 2.62 bits per heavy atom. The zero-order chi connectivity index (χ0) is 21.0. The lowest BCUT2D eigenvalue weighted by atomic mass is 10.0. The standard InChI is InChI=1S/C23H25N3O3/c1-14(2)22(27)26-17-11-20(19-9-8-15(3)25-21(19)12-17)23(28)24-13-16-6-5-7-18(10-16)29-4/h5-12,14H,13H2,1-4H3,(H,24,28)(H,26,27). The molecule has 0 aliphatic heterocycles. The van der Waals surface area contributed by atoms with E-state index >= 15 is 0 Å². The Bertz CT molecular complexity index is 1060. The molecule has 0 fully saturated rings.